The standard InChI is InChI=1S/C12H8ClN5O/c13-4-12-16-9-2-1-8(5-14)3-10(9)18(12)6-11-15-7-19-17-11/h1-3,7H,4,6H2. The maximum atomic E-state index is 8.96. The van der Waals surface area contributed by atoms with Gasteiger partial charge in [0, 0.05) is 0 Å². The summed E-state index contributed by atoms with van der Waals surface area (Å²) in [5.41, 5.74) is 2.19. The van der Waals surface area contributed by atoms with Crippen molar-refractivity contribution in [3.8, 4) is 6.07 Å². The van der Waals surface area contributed by atoms with E-state index < -0.39 is 0 Å². The van der Waals surface area contributed by atoms with Crippen molar-refractivity contribution in [1.29, 1.82) is 5.26 Å². The van der Waals surface area contributed by atoms with Crippen molar-refractivity contribution in [1.82, 2.24) is 19.7 Å². The zero-order valence-corrected chi connectivity index (χ0v) is 10.5. The van der Waals surface area contributed by atoms with Crippen LogP contribution in [0.2, 0.25) is 0 Å². The Labute approximate surface area is 113 Å². The minimum Gasteiger partial charge on any atom is -0.343 e. The molecule has 1 aromatic carbocycles. The Hall–Kier alpha value is -2.39. The molecule has 0 radical (unpaired) electrons. The molecule has 0 N–H and O–H groups in total. The van der Waals surface area contributed by atoms with Crippen molar-refractivity contribution >= 4 is 22.6 Å². The molecule has 7 heteroatoms. The van der Waals surface area contributed by atoms with Gasteiger partial charge in [-0.15, -0.1) is 11.6 Å². The Bertz CT molecular complexity index is 756. The van der Waals surface area contributed by atoms with Gasteiger partial charge in [0.15, 0.2) is 5.82 Å². The molecule has 0 unspecified atom stereocenters. The van der Waals surface area contributed by atoms with Crippen LogP contribution in [0.5, 0.6) is 0 Å². The average Bonchev–Trinajstić information content (AvgIpc) is 3.07. The highest BCUT2D eigenvalue weighted by atomic mass is 35.5. The van der Waals surface area contributed by atoms with E-state index in [1.807, 2.05) is 4.57 Å². The smallest absolute Gasteiger partial charge is 0.213 e. The highest BCUT2D eigenvalue weighted by molar-refractivity contribution is 6.16. The highest BCUT2D eigenvalue weighted by Crippen LogP contribution is 2.20. The van der Waals surface area contributed by atoms with Gasteiger partial charge in [0.2, 0.25) is 6.39 Å². The lowest BCUT2D eigenvalue weighted by Crippen LogP contribution is -2.05. The van der Waals surface area contributed by atoms with E-state index in [4.69, 9.17) is 21.4 Å². The molecule has 0 spiro atoms. The zero-order valence-electron chi connectivity index (χ0n) is 9.75. The van der Waals surface area contributed by atoms with Crippen LogP contribution in [0.15, 0.2) is 29.1 Å². The number of nitrogens with zero attached hydrogens (tertiary/aromatic N) is 5. The number of benzene rings is 1. The number of rotatable bonds is 3. The minimum atomic E-state index is 0.272. The number of fused-ring (bicyclic) bond motifs is 1. The van der Waals surface area contributed by atoms with Crippen molar-refractivity contribution in [3.05, 3.63) is 41.8 Å². The molecule has 94 valence electrons. The SMILES string of the molecule is N#Cc1ccc2nc(CCl)n(Cc3ncon3)c2c1. The predicted molar refractivity (Wildman–Crippen MR) is 67.4 cm³/mol. The summed E-state index contributed by atoms with van der Waals surface area (Å²) in [7, 11) is 0. The zero-order chi connectivity index (χ0) is 13.2. The van der Waals surface area contributed by atoms with Crippen LogP contribution in [0.1, 0.15) is 17.2 Å². The number of halogens is 1. The van der Waals surface area contributed by atoms with Crippen LogP contribution < -0.4 is 0 Å². The van der Waals surface area contributed by atoms with E-state index in [0.717, 1.165) is 11.0 Å². The van der Waals surface area contributed by atoms with Crippen molar-refractivity contribution in [3.63, 3.8) is 0 Å². The van der Waals surface area contributed by atoms with Crippen LogP contribution in [-0.2, 0) is 12.4 Å². The summed E-state index contributed by atoms with van der Waals surface area (Å²) in [6.07, 6.45) is 1.27. The van der Waals surface area contributed by atoms with Crippen LogP contribution in [0.25, 0.3) is 11.0 Å². The van der Waals surface area contributed by atoms with Gasteiger partial charge in [0.1, 0.15) is 5.82 Å². The number of nitriles is 1. The van der Waals surface area contributed by atoms with Gasteiger partial charge in [-0.25, -0.2) is 4.98 Å². The van der Waals surface area contributed by atoms with Crippen LogP contribution in [0.3, 0.4) is 0 Å². The Morgan fingerprint density at radius 3 is 3.00 bits per heavy atom. The topological polar surface area (TPSA) is 80.5 Å². The number of aromatic nitrogens is 4. The first-order chi connectivity index (χ1) is 9.31. The van der Waals surface area contributed by atoms with Gasteiger partial charge < -0.3 is 9.09 Å². The molecule has 19 heavy (non-hydrogen) atoms. The molecule has 0 bridgehead atoms. The van der Waals surface area contributed by atoms with Gasteiger partial charge in [0.25, 0.3) is 0 Å². The lowest BCUT2D eigenvalue weighted by Gasteiger charge is -2.04. The molecular formula is C12H8ClN5O. The molecule has 0 aliphatic carbocycles. The van der Waals surface area contributed by atoms with E-state index >= 15 is 0 Å². The van der Waals surface area contributed by atoms with Crippen molar-refractivity contribution in [2.75, 3.05) is 0 Å². The van der Waals surface area contributed by atoms with Crippen LogP contribution in [-0.4, -0.2) is 19.7 Å². The molecule has 3 rings (SSSR count). The second-order valence-corrected chi connectivity index (χ2v) is 4.18. The molecule has 0 saturated heterocycles. The molecule has 2 heterocycles. The largest absolute Gasteiger partial charge is 0.343 e. The Morgan fingerprint density at radius 2 is 2.32 bits per heavy atom. The molecule has 3 aromatic rings. The molecular weight excluding hydrogens is 266 g/mol. The first-order valence-electron chi connectivity index (χ1n) is 5.52. The average molecular weight is 274 g/mol. The molecule has 0 amide bonds. The minimum absolute atomic E-state index is 0.272. The Morgan fingerprint density at radius 1 is 1.42 bits per heavy atom. The second-order valence-electron chi connectivity index (χ2n) is 3.91. The molecule has 0 aliphatic rings. The third-order valence-corrected chi connectivity index (χ3v) is 3.02. The first kappa shape index (κ1) is 11.7. The van der Waals surface area contributed by atoms with Gasteiger partial charge in [-0.2, -0.15) is 10.2 Å². The quantitative estimate of drug-likeness (QED) is 0.683. The number of hydrogen-bond donors (Lipinski definition) is 0. The third kappa shape index (κ3) is 2.04. The number of hydrogen-bond acceptors (Lipinski definition) is 5. The maximum absolute atomic E-state index is 8.96. The normalized spacial score (nSPS) is 10.7. The fraction of sp³-hybridized carbons (Fsp3) is 0.167. The van der Waals surface area contributed by atoms with Gasteiger partial charge in [0.05, 0.1) is 35.1 Å². The summed E-state index contributed by atoms with van der Waals surface area (Å²) in [5, 5.41) is 12.7. The Balaban J connectivity index is 2.16. The highest BCUT2D eigenvalue weighted by Gasteiger charge is 2.12. The third-order valence-electron chi connectivity index (χ3n) is 2.78. The summed E-state index contributed by atoms with van der Waals surface area (Å²) in [4.78, 5) is 8.40. The summed E-state index contributed by atoms with van der Waals surface area (Å²) in [6, 6.07) is 7.42. The van der Waals surface area contributed by atoms with Gasteiger partial charge in [-0.05, 0) is 18.2 Å². The molecule has 0 aliphatic heterocycles. The second kappa shape index (κ2) is 4.71. The van der Waals surface area contributed by atoms with Crippen molar-refractivity contribution < 1.29 is 4.52 Å². The summed E-state index contributed by atoms with van der Waals surface area (Å²) in [6.45, 7) is 0.407. The number of imidazole rings is 1. The van der Waals surface area contributed by atoms with E-state index in [-0.39, 0.29) is 5.88 Å². The summed E-state index contributed by atoms with van der Waals surface area (Å²) >= 11 is 5.90. The van der Waals surface area contributed by atoms with Crippen LogP contribution >= 0.6 is 11.6 Å². The van der Waals surface area contributed by atoms with Crippen molar-refractivity contribution in [2.45, 2.75) is 12.4 Å². The summed E-state index contributed by atoms with van der Waals surface area (Å²) in [5.74, 6) is 1.51. The maximum Gasteiger partial charge on any atom is 0.213 e. The monoisotopic (exact) mass is 273 g/mol. The predicted octanol–water partition coefficient (Wildman–Crippen LogP) is 2.08. The van der Waals surface area contributed by atoms with Crippen molar-refractivity contribution in [2.24, 2.45) is 0 Å². The van der Waals surface area contributed by atoms with E-state index in [9.17, 15) is 0 Å². The van der Waals surface area contributed by atoms with Gasteiger partial charge >= 0.3 is 0 Å². The molecule has 0 saturated carbocycles. The summed E-state index contributed by atoms with van der Waals surface area (Å²) < 4.78 is 6.60. The van der Waals surface area contributed by atoms with E-state index in [1.54, 1.807) is 18.2 Å². The molecule has 2 aromatic heterocycles. The molecule has 0 fully saturated rings. The van der Waals surface area contributed by atoms with Crippen LogP contribution in [0.4, 0.5) is 0 Å². The fourth-order valence-electron chi connectivity index (χ4n) is 1.92. The molecule has 0 atom stereocenters. The van der Waals surface area contributed by atoms with Gasteiger partial charge in [-0.1, -0.05) is 5.16 Å². The lowest BCUT2D eigenvalue weighted by molar-refractivity contribution is 0.408. The van der Waals surface area contributed by atoms with Gasteiger partial charge in [-0.3, -0.25) is 0 Å². The van der Waals surface area contributed by atoms with Crippen LogP contribution in [0, 0.1) is 11.3 Å². The molecule has 6 nitrogen and oxygen atoms in total. The lowest BCUT2D eigenvalue weighted by atomic mass is 10.2. The van der Waals surface area contributed by atoms with E-state index in [0.29, 0.717) is 23.8 Å². The number of alkyl halides is 1. The Kier molecular flexibility index (Phi) is 2.89. The fourth-order valence-corrected chi connectivity index (χ4v) is 2.13. The van der Waals surface area contributed by atoms with E-state index in [1.165, 1.54) is 6.39 Å². The van der Waals surface area contributed by atoms with E-state index in [2.05, 4.69) is 21.2 Å². The first-order valence-corrected chi connectivity index (χ1v) is 6.05.